The zero-order chi connectivity index (χ0) is 14.6. The van der Waals surface area contributed by atoms with E-state index in [9.17, 15) is 13.5 Å². The third-order valence-corrected chi connectivity index (χ3v) is 4.57. The van der Waals surface area contributed by atoms with E-state index in [1.165, 1.54) is 12.1 Å². The Morgan fingerprint density at radius 3 is 2.50 bits per heavy atom. The monoisotopic (exact) mass is 294 g/mol. The van der Waals surface area contributed by atoms with Gasteiger partial charge in [0.15, 0.2) is 0 Å². The van der Waals surface area contributed by atoms with Crippen molar-refractivity contribution in [2.75, 3.05) is 6.54 Å². The van der Waals surface area contributed by atoms with Gasteiger partial charge in [-0.05, 0) is 30.7 Å². The molecule has 0 amide bonds. The lowest BCUT2D eigenvalue weighted by atomic mass is 10.2. The average Bonchev–Trinajstić information content (AvgIpc) is 2.86. The number of sulfonamides is 1. The summed E-state index contributed by atoms with van der Waals surface area (Å²) in [5.41, 5.74) is 0.768. The highest BCUT2D eigenvalue weighted by atomic mass is 32.2. The second-order valence-corrected chi connectivity index (χ2v) is 6.33. The first kappa shape index (κ1) is 14.8. The summed E-state index contributed by atoms with van der Waals surface area (Å²) in [5.74, 6) is 0. The molecule has 5 nitrogen and oxygen atoms in total. The van der Waals surface area contributed by atoms with E-state index in [0.717, 1.165) is 5.69 Å². The van der Waals surface area contributed by atoms with Gasteiger partial charge in [-0.15, -0.1) is 0 Å². The number of benzene rings is 1. The van der Waals surface area contributed by atoms with Gasteiger partial charge in [0.05, 0.1) is 11.0 Å². The SMILES string of the molecule is Cn1cccc1[C@H](O)CCNS(=O)(=O)c1ccccc1. The third kappa shape index (κ3) is 3.47. The lowest BCUT2D eigenvalue weighted by molar-refractivity contribution is 0.161. The van der Waals surface area contributed by atoms with Crippen LogP contribution in [0.5, 0.6) is 0 Å². The average molecular weight is 294 g/mol. The number of hydrogen-bond acceptors (Lipinski definition) is 3. The Morgan fingerprint density at radius 1 is 1.20 bits per heavy atom. The second kappa shape index (κ2) is 6.21. The van der Waals surface area contributed by atoms with Crippen LogP contribution in [-0.2, 0) is 17.1 Å². The summed E-state index contributed by atoms with van der Waals surface area (Å²) in [6.45, 7) is 0.184. The van der Waals surface area contributed by atoms with Gasteiger partial charge in [0.2, 0.25) is 10.0 Å². The Labute approximate surface area is 118 Å². The summed E-state index contributed by atoms with van der Waals surface area (Å²) in [5, 5.41) is 10.0. The van der Waals surface area contributed by atoms with E-state index in [2.05, 4.69) is 4.72 Å². The van der Waals surface area contributed by atoms with Crippen molar-refractivity contribution in [2.45, 2.75) is 17.4 Å². The second-order valence-electron chi connectivity index (χ2n) is 4.56. The largest absolute Gasteiger partial charge is 0.387 e. The molecule has 1 atom stereocenters. The summed E-state index contributed by atoms with van der Waals surface area (Å²) in [6, 6.07) is 11.8. The van der Waals surface area contributed by atoms with Crippen LogP contribution < -0.4 is 4.72 Å². The molecule has 108 valence electrons. The van der Waals surface area contributed by atoms with Crippen molar-refractivity contribution < 1.29 is 13.5 Å². The van der Waals surface area contributed by atoms with Crippen molar-refractivity contribution >= 4 is 10.0 Å². The fourth-order valence-electron chi connectivity index (χ4n) is 1.98. The highest BCUT2D eigenvalue weighted by Crippen LogP contribution is 2.16. The number of aliphatic hydroxyl groups excluding tert-OH is 1. The first-order chi connectivity index (χ1) is 9.50. The Morgan fingerprint density at radius 2 is 1.90 bits per heavy atom. The van der Waals surface area contributed by atoms with Crippen molar-refractivity contribution in [1.82, 2.24) is 9.29 Å². The van der Waals surface area contributed by atoms with Gasteiger partial charge >= 0.3 is 0 Å². The predicted octanol–water partition coefficient (Wildman–Crippen LogP) is 1.43. The molecule has 0 bridgehead atoms. The third-order valence-electron chi connectivity index (χ3n) is 3.09. The molecule has 2 rings (SSSR count). The molecule has 1 aromatic heterocycles. The van der Waals surface area contributed by atoms with Crippen molar-refractivity contribution in [1.29, 1.82) is 0 Å². The number of nitrogens with one attached hydrogen (secondary N) is 1. The number of hydrogen-bond donors (Lipinski definition) is 2. The van der Waals surface area contributed by atoms with E-state index < -0.39 is 16.1 Å². The minimum Gasteiger partial charge on any atom is -0.387 e. The first-order valence-corrected chi connectivity index (χ1v) is 7.83. The quantitative estimate of drug-likeness (QED) is 0.846. The topological polar surface area (TPSA) is 71.3 Å². The van der Waals surface area contributed by atoms with E-state index in [0.29, 0.717) is 6.42 Å². The van der Waals surface area contributed by atoms with Crippen LogP contribution in [0.15, 0.2) is 53.6 Å². The van der Waals surface area contributed by atoms with E-state index in [-0.39, 0.29) is 11.4 Å². The molecule has 0 saturated carbocycles. The van der Waals surface area contributed by atoms with E-state index in [1.54, 1.807) is 18.2 Å². The predicted molar refractivity (Wildman–Crippen MR) is 76.6 cm³/mol. The van der Waals surface area contributed by atoms with Gasteiger partial charge in [0.1, 0.15) is 0 Å². The summed E-state index contributed by atoms with van der Waals surface area (Å²) >= 11 is 0. The molecule has 1 aromatic carbocycles. The van der Waals surface area contributed by atoms with Gasteiger partial charge in [-0.2, -0.15) is 0 Å². The number of nitrogens with zero attached hydrogens (tertiary/aromatic N) is 1. The number of aliphatic hydroxyl groups is 1. The summed E-state index contributed by atoms with van der Waals surface area (Å²) in [7, 11) is -1.66. The van der Waals surface area contributed by atoms with Gasteiger partial charge in [0.25, 0.3) is 0 Å². The van der Waals surface area contributed by atoms with Crippen LogP contribution in [0.4, 0.5) is 0 Å². The summed E-state index contributed by atoms with van der Waals surface area (Å²) in [6.07, 6.45) is 1.48. The van der Waals surface area contributed by atoms with Crippen LogP contribution in [0.2, 0.25) is 0 Å². The van der Waals surface area contributed by atoms with Crippen molar-refractivity contribution in [3.05, 3.63) is 54.4 Å². The summed E-state index contributed by atoms with van der Waals surface area (Å²) in [4.78, 5) is 0.230. The maximum absolute atomic E-state index is 12.0. The standard InChI is InChI=1S/C14H18N2O3S/c1-16-11-5-8-13(16)14(17)9-10-15-20(18,19)12-6-3-2-4-7-12/h2-8,11,14-15,17H,9-10H2,1H3/t14-/m1/s1. The molecule has 2 aromatic rings. The number of rotatable bonds is 6. The Kier molecular flexibility index (Phi) is 4.59. The maximum Gasteiger partial charge on any atom is 0.240 e. The van der Waals surface area contributed by atoms with Gasteiger partial charge in [-0.25, -0.2) is 13.1 Å². The molecule has 0 radical (unpaired) electrons. The van der Waals surface area contributed by atoms with E-state index in [1.807, 2.05) is 29.9 Å². The zero-order valence-electron chi connectivity index (χ0n) is 11.2. The smallest absolute Gasteiger partial charge is 0.240 e. The molecule has 0 spiro atoms. The molecule has 2 N–H and O–H groups in total. The Bertz CT molecular complexity index is 650. The van der Waals surface area contributed by atoms with Crippen LogP contribution in [0.3, 0.4) is 0 Å². The van der Waals surface area contributed by atoms with E-state index in [4.69, 9.17) is 0 Å². The van der Waals surface area contributed by atoms with Crippen LogP contribution in [0, 0.1) is 0 Å². The minimum absolute atomic E-state index is 0.184. The molecule has 0 aliphatic heterocycles. The number of aryl methyl sites for hydroxylation is 1. The van der Waals surface area contributed by atoms with Crippen molar-refractivity contribution in [3.63, 3.8) is 0 Å². The lowest BCUT2D eigenvalue weighted by Crippen LogP contribution is -2.26. The zero-order valence-corrected chi connectivity index (χ0v) is 12.0. The van der Waals surface area contributed by atoms with Gasteiger partial charge < -0.3 is 9.67 Å². The van der Waals surface area contributed by atoms with Crippen LogP contribution >= 0.6 is 0 Å². The van der Waals surface area contributed by atoms with Gasteiger partial charge in [0, 0.05) is 25.5 Å². The van der Waals surface area contributed by atoms with Crippen LogP contribution in [0.1, 0.15) is 18.2 Å². The normalized spacial score (nSPS) is 13.3. The Balaban J connectivity index is 1.92. The molecule has 0 aliphatic rings. The fraction of sp³-hybridized carbons (Fsp3) is 0.286. The fourth-order valence-corrected chi connectivity index (χ4v) is 3.05. The minimum atomic E-state index is -3.50. The first-order valence-electron chi connectivity index (χ1n) is 6.35. The van der Waals surface area contributed by atoms with Gasteiger partial charge in [-0.3, -0.25) is 0 Å². The molecule has 0 fully saturated rings. The lowest BCUT2D eigenvalue weighted by Gasteiger charge is -2.12. The van der Waals surface area contributed by atoms with Gasteiger partial charge in [-0.1, -0.05) is 18.2 Å². The molecule has 0 unspecified atom stereocenters. The highest BCUT2D eigenvalue weighted by molar-refractivity contribution is 7.89. The Hall–Kier alpha value is -1.63. The molecule has 0 aliphatic carbocycles. The number of aromatic nitrogens is 1. The van der Waals surface area contributed by atoms with Crippen LogP contribution in [-0.4, -0.2) is 24.6 Å². The summed E-state index contributed by atoms with van der Waals surface area (Å²) < 4.78 is 28.2. The highest BCUT2D eigenvalue weighted by Gasteiger charge is 2.15. The molecular weight excluding hydrogens is 276 g/mol. The van der Waals surface area contributed by atoms with Crippen molar-refractivity contribution in [2.24, 2.45) is 7.05 Å². The van der Waals surface area contributed by atoms with Crippen LogP contribution in [0.25, 0.3) is 0 Å². The molecule has 6 heteroatoms. The maximum atomic E-state index is 12.0. The molecular formula is C14H18N2O3S. The van der Waals surface area contributed by atoms with Crippen molar-refractivity contribution in [3.8, 4) is 0 Å². The molecule has 0 saturated heterocycles. The molecule has 1 heterocycles. The molecule has 20 heavy (non-hydrogen) atoms. The van der Waals surface area contributed by atoms with E-state index >= 15 is 0 Å².